The van der Waals surface area contributed by atoms with E-state index in [-0.39, 0.29) is 26.5 Å². The average Bonchev–Trinajstić information content (AvgIpc) is 3.53. The molecule has 0 saturated heterocycles. The molecule has 7 rings (SSSR count). The quantitative estimate of drug-likeness (QED) is 0.157. The van der Waals surface area contributed by atoms with Crippen molar-refractivity contribution in [3.05, 3.63) is 130 Å². The molecule has 0 atom stereocenters. The molecule has 3 heterocycles. The molecule has 0 unspecified atom stereocenters. The Morgan fingerprint density at radius 2 is 1.51 bits per heavy atom. The predicted molar refractivity (Wildman–Crippen MR) is 197 cm³/mol. The number of ether oxygens (including phenoxy) is 1. The van der Waals surface area contributed by atoms with Crippen molar-refractivity contribution in [3.63, 3.8) is 0 Å². The van der Waals surface area contributed by atoms with Crippen molar-refractivity contribution >= 4 is 21.8 Å². The monoisotopic (exact) mass is 825 g/mol. The molecule has 250 valence electrons. The van der Waals surface area contributed by atoms with Gasteiger partial charge in [0.2, 0.25) is 0 Å². The van der Waals surface area contributed by atoms with Gasteiger partial charge in [-0.25, -0.2) is 4.98 Å². The van der Waals surface area contributed by atoms with Gasteiger partial charge >= 0.3 is 21.1 Å². The Morgan fingerprint density at radius 3 is 2.22 bits per heavy atom. The van der Waals surface area contributed by atoms with Crippen LogP contribution >= 0.6 is 0 Å². The van der Waals surface area contributed by atoms with E-state index in [4.69, 9.17) is 14.8 Å². The fraction of sp³-hybridized carbons (Fsp3) is 0.256. The van der Waals surface area contributed by atoms with E-state index >= 15 is 0 Å². The molecule has 0 saturated carbocycles. The van der Waals surface area contributed by atoms with Crippen molar-refractivity contribution < 1.29 is 25.8 Å². The van der Waals surface area contributed by atoms with Crippen LogP contribution in [0.2, 0.25) is 0 Å². The molecule has 0 spiro atoms. The van der Waals surface area contributed by atoms with Crippen LogP contribution in [-0.2, 0) is 32.9 Å². The minimum absolute atomic E-state index is 0. The number of para-hydroxylation sites is 1. The van der Waals surface area contributed by atoms with Crippen LogP contribution in [0.5, 0.6) is 11.5 Å². The summed E-state index contributed by atoms with van der Waals surface area (Å²) >= 11 is 0. The number of benzene rings is 4. The van der Waals surface area contributed by atoms with E-state index in [0.29, 0.717) is 11.5 Å². The van der Waals surface area contributed by atoms with Gasteiger partial charge in [0.05, 0.1) is 5.69 Å². The number of aryl methyl sites for hydroxylation is 5. The predicted octanol–water partition coefficient (Wildman–Crippen LogP) is 10.8. The summed E-state index contributed by atoms with van der Waals surface area (Å²) in [6.45, 7) is 19.6. The molecule has 0 amide bonds. The molecule has 0 radical (unpaired) electrons. The van der Waals surface area contributed by atoms with Crippen molar-refractivity contribution in [1.29, 1.82) is 0 Å². The second-order valence-corrected chi connectivity index (χ2v) is 14.0. The summed E-state index contributed by atoms with van der Waals surface area (Å²) in [4.78, 5) is 4.77. The number of aromatic nitrogens is 4. The maximum atomic E-state index is 6.64. The van der Waals surface area contributed by atoms with Gasteiger partial charge in [-0.3, -0.25) is 4.68 Å². The molecule has 0 fully saturated rings. The Labute approximate surface area is 304 Å². The summed E-state index contributed by atoms with van der Waals surface area (Å²) in [5, 5.41) is 7.33. The van der Waals surface area contributed by atoms with Gasteiger partial charge in [0, 0.05) is 34.5 Å². The first-order valence-corrected chi connectivity index (χ1v) is 16.7. The number of hydrogen-bond acceptors (Lipinski definition) is 3. The Morgan fingerprint density at radius 1 is 0.776 bits per heavy atom. The Bertz CT molecular complexity index is 2330. The molecule has 5 nitrogen and oxygen atoms in total. The van der Waals surface area contributed by atoms with E-state index in [1.54, 1.807) is 0 Å². The Hall–Kier alpha value is -4.47. The summed E-state index contributed by atoms with van der Waals surface area (Å²) < 4.78 is 10.8. The van der Waals surface area contributed by atoms with Gasteiger partial charge in [-0.1, -0.05) is 69.1 Å². The summed E-state index contributed by atoms with van der Waals surface area (Å²) in [5.74, 6) is 2.11. The van der Waals surface area contributed by atoms with E-state index < -0.39 is 0 Å². The van der Waals surface area contributed by atoms with Gasteiger partial charge in [0.1, 0.15) is 5.82 Å². The van der Waals surface area contributed by atoms with Crippen LogP contribution < -0.4 is 4.74 Å². The molecule has 3 aromatic heterocycles. The van der Waals surface area contributed by atoms with E-state index in [1.807, 2.05) is 16.9 Å². The third kappa shape index (κ3) is 6.26. The van der Waals surface area contributed by atoms with Crippen molar-refractivity contribution in [1.82, 2.24) is 19.3 Å². The molecule has 0 aliphatic rings. The molecule has 4 aromatic carbocycles. The number of fused-ring (bicyclic) bond motifs is 3. The summed E-state index contributed by atoms with van der Waals surface area (Å²) in [6, 6.07) is 32.7. The van der Waals surface area contributed by atoms with E-state index in [1.165, 1.54) is 33.4 Å². The van der Waals surface area contributed by atoms with Crippen molar-refractivity contribution in [3.8, 4) is 34.1 Å². The normalized spacial score (nSPS) is 11.7. The van der Waals surface area contributed by atoms with Gasteiger partial charge < -0.3 is 9.30 Å². The first-order valence-electron chi connectivity index (χ1n) is 16.7. The zero-order valence-electron chi connectivity index (χ0n) is 29.7. The van der Waals surface area contributed by atoms with E-state index in [0.717, 1.165) is 56.7 Å². The van der Waals surface area contributed by atoms with Crippen LogP contribution in [0.15, 0.2) is 79.0 Å². The second-order valence-electron chi connectivity index (χ2n) is 14.0. The number of pyridine rings is 1. The van der Waals surface area contributed by atoms with Crippen molar-refractivity contribution in [2.45, 2.75) is 74.1 Å². The van der Waals surface area contributed by atoms with Crippen LogP contribution in [0, 0.1) is 46.8 Å². The van der Waals surface area contributed by atoms with Crippen LogP contribution in [0.25, 0.3) is 44.4 Å². The van der Waals surface area contributed by atoms with Crippen molar-refractivity contribution in [2.24, 2.45) is 0 Å². The van der Waals surface area contributed by atoms with Gasteiger partial charge in [-0.15, -0.1) is 41.3 Å². The topological polar surface area (TPSA) is 44.9 Å². The summed E-state index contributed by atoms with van der Waals surface area (Å²) in [6.07, 6.45) is 2.82. The van der Waals surface area contributed by atoms with E-state index in [9.17, 15) is 0 Å². The molecular weight excluding hydrogens is 784 g/mol. The van der Waals surface area contributed by atoms with Gasteiger partial charge in [0.25, 0.3) is 0 Å². The zero-order valence-corrected chi connectivity index (χ0v) is 32.0. The third-order valence-electron chi connectivity index (χ3n) is 9.37. The Balaban J connectivity index is 0.00000417. The molecular formula is C43H42N4OPt. The minimum atomic E-state index is -0.124. The SMILES string of the molecule is CCc1ccnc(-n2c3[c-]c(Oc4[c-]c(-n5nc(C)c(-c6c(C)cc(C)cc6C)c5C)cc(C(C)(C)C)c4)ccc3c3ccccc32)c1.[Pt+2]. The van der Waals surface area contributed by atoms with Crippen LogP contribution in [0.4, 0.5) is 0 Å². The molecule has 0 bridgehead atoms. The molecule has 0 aliphatic carbocycles. The third-order valence-corrected chi connectivity index (χ3v) is 9.37. The fourth-order valence-electron chi connectivity index (χ4n) is 7.04. The summed E-state index contributed by atoms with van der Waals surface area (Å²) in [5.41, 5.74) is 13.4. The first-order chi connectivity index (χ1) is 22.9. The molecule has 7 aromatic rings. The average molecular weight is 826 g/mol. The number of rotatable bonds is 6. The smallest absolute Gasteiger partial charge is 0.509 e. The van der Waals surface area contributed by atoms with Crippen molar-refractivity contribution in [2.75, 3.05) is 0 Å². The van der Waals surface area contributed by atoms with Crippen LogP contribution in [0.1, 0.15) is 66.9 Å². The maximum Gasteiger partial charge on any atom is 2.00 e. The fourth-order valence-corrected chi connectivity index (χ4v) is 7.04. The van der Waals surface area contributed by atoms with Gasteiger partial charge in [-0.2, -0.15) is 11.2 Å². The van der Waals surface area contributed by atoms with Gasteiger partial charge in [0.15, 0.2) is 0 Å². The largest absolute Gasteiger partial charge is 2.00 e. The second kappa shape index (κ2) is 13.1. The molecule has 0 N–H and O–H groups in total. The Kier molecular flexibility index (Phi) is 9.19. The van der Waals surface area contributed by atoms with Crippen LogP contribution in [-0.4, -0.2) is 19.3 Å². The van der Waals surface area contributed by atoms with Gasteiger partial charge in [-0.05, 0) is 98.0 Å². The van der Waals surface area contributed by atoms with E-state index in [2.05, 4.69) is 146 Å². The standard InChI is InChI=1S/C43H42N4O.Pt/c1-10-31-17-18-44-40(21-31)46-38-14-12-11-13-36(38)37-16-15-34(25-39(37)46)48-35-23-32(43(7,8)9)22-33(24-35)47-30(6)42(29(5)45-47)41-27(3)19-26(2)20-28(41)4;/h11-23H,10H2,1-9H3;/q-2;+2. The first kappa shape index (κ1) is 34.4. The summed E-state index contributed by atoms with van der Waals surface area (Å²) in [7, 11) is 0. The number of hydrogen-bond donors (Lipinski definition) is 0. The molecule has 49 heavy (non-hydrogen) atoms. The maximum absolute atomic E-state index is 6.64. The number of nitrogens with zero attached hydrogens (tertiary/aromatic N) is 4. The molecule has 6 heteroatoms. The van der Waals surface area contributed by atoms with Crippen LogP contribution in [0.3, 0.4) is 0 Å². The zero-order chi connectivity index (χ0) is 33.9. The minimum Gasteiger partial charge on any atom is -0.509 e. The molecule has 0 aliphatic heterocycles.